The first-order chi connectivity index (χ1) is 13.9. The molecule has 0 saturated heterocycles. The number of hydrogen-bond acceptors (Lipinski definition) is 3. The lowest BCUT2D eigenvalue weighted by atomic mass is 10.1. The highest BCUT2D eigenvalue weighted by Gasteiger charge is 2.35. The monoisotopic (exact) mass is 419 g/mol. The molecule has 0 fully saturated rings. The zero-order valence-electron chi connectivity index (χ0n) is 16.4. The lowest BCUT2D eigenvalue weighted by Gasteiger charge is -2.21. The molecule has 29 heavy (non-hydrogen) atoms. The summed E-state index contributed by atoms with van der Waals surface area (Å²) in [6, 6.07) is 18.0. The topological polar surface area (TPSA) is 21.3 Å². The van der Waals surface area contributed by atoms with Crippen LogP contribution in [0.2, 0.25) is 0 Å². The molecule has 0 bridgehead atoms. The summed E-state index contributed by atoms with van der Waals surface area (Å²) in [4.78, 5) is 0.975. The zero-order valence-corrected chi connectivity index (χ0v) is 17.2. The van der Waals surface area contributed by atoms with Gasteiger partial charge in [0.15, 0.2) is 0 Å². The fraction of sp³-hybridized carbons (Fsp3) is 0.304. The second kappa shape index (κ2) is 9.44. The van der Waals surface area contributed by atoms with Gasteiger partial charge >= 0.3 is 6.18 Å². The van der Waals surface area contributed by atoms with Crippen LogP contribution in [0.5, 0.6) is 5.75 Å². The Labute approximate surface area is 173 Å². The molecule has 1 atom stereocenters. The number of hydrogen-bond donors (Lipinski definition) is 1. The number of anilines is 1. The van der Waals surface area contributed by atoms with Crippen molar-refractivity contribution in [1.82, 2.24) is 0 Å². The van der Waals surface area contributed by atoms with Crippen LogP contribution in [0.3, 0.4) is 0 Å². The molecule has 3 aromatic rings. The van der Waals surface area contributed by atoms with Crippen LogP contribution in [-0.2, 0) is 6.18 Å². The minimum Gasteiger partial charge on any atom is -0.490 e. The minimum absolute atomic E-state index is 0.123. The molecule has 0 radical (unpaired) electrons. The molecule has 3 aromatic carbocycles. The van der Waals surface area contributed by atoms with Crippen molar-refractivity contribution in [2.24, 2.45) is 0 Å². The molecule has 0 aromatic heterocycles. The van der Waals surface area contributed by atoms with Gasteiger partial charge in [0, 0.05) is 16.6 Å². The summed E-state index contributed by atoms with van der Waals surface area (Å²) < 4.78 is 49.1. The highest BCUT2D eigenvalue weighted by molar-refractivity contribution is 8.00. The Balaban J connectivity index is 1.80. The van der Waals surface area contributed by atoms with Crippen molar-refractivity contribution in [3.8, 4) is 5.75 Å². The van der Waals surface area contributed by atoms with E-state index in [2.05, 4.69) is 4.72 Å². The highest BCUT2D eigenvalue weighted by atomic mass is 32.2. The zero-order chi connectivity index (χ0) is 20.9. The lowest BCUT2D eigenvalue weighted by molar-refractivity contribution is -0.139. The summed E-state index contributed by atoms with van der Waals surface area (Å²) >= 11 is 1.36. The molecular formula is C23H24F3NOS. The van der Waals surface area contributed by atoms with Gasteiger partial charge in [0.1, 0.15) is 5.75 Å². The maximum absolute atomic E-state index is 13.4. The standard InChI is InChI=1S/C23H24F3NOS/c1-3-7-19(4-2)28-22-15-18(11-13-21(22)23(24,25)26)27-29-20-12-10-16-8-5-6-9-17(16)14-20/h5-6,8-15,19,27H,3-4,7H2,1-2H3. The van der Waals surface area contributed by atoms with Gasteiger partial charge in [-0.3, -0.25) is 0 Å². The van der Waals surface area contributed by atoms with E-state index in [9.17, 15) is 13.2 Å². The molecular weight excluding hydrogens is 395 g/mol. The molecule has 0 aliphatic heterocycles. The molecule has 154 valence electrons. The highest BCUT2D eigenvalue weighted by Crippen LogP contribution is 2.39. The van der Waals surface area contributed by atoms with E-state index in [1.54, 1.807) is 0 Å². The molecule has 0 amide bonds. The number of benzene rings is 3. The molecule has 3 rings (SSSR count). The van der Waals surface area contributed by atoms with Crippen LogP contribution in [0, 0.1) is 0 Å². The maximum atomic E-state index is 13.4. The molecule has 1 unspecified atom stereocenters. The first kappa shape index (κ1) is 21.4. The summed E-state index contributed by atoms with van der Waals surface area (Å²) in [7, 11) is 0. The van der Waals surface area contributed by atoms with E-state index < -0.39 is 11.7 Å². The van der Waals surface area contributed by atoms with Crippen LogP contribution in [0.1, 0.15) is 38.7 Å². The van der Waals surface area contributed by atoms with E-state index >= 15 is 0 Å². The Morgan fingerprint density at radius 3 is 2.41 bits per heavy atom. The number of halogens is 3. The number of nitrogens with one attached hydrogen (secondary N) is 1. The molecule has 0 aliphatic rings. The molecule has 6 heteroatoms. The van der Waals surface area contributed by atoms with Crippen molar-refractivity contribution >= 4 is 28.4 Å². The van der Waals surface area contributed by atoms with Gasteiger partial charge in [0.05, 0.1) is 11.7 Å². The first-order valence-corrected chi connectivity index (χ1v) is 10.5. The summed E-state index contributed by atoms with van der Waals surface area (Å²) in [5.74, 6) is -0.123. The van der Waals surface area contributed by atoms with Gasteiger partial charge in [-0.1, -0.05) is 50.6 Å². The third-order valence-corrected chi connectivity index (χ3v) is 5.48. The van der Waals surface area contributed by atoms with Crippen molar-refractivity contribution in [3.05, 3.63) is 66.2 Å². The van der Waals surface area contributed by atoms with E-state index in [4.69, 9.17) is 4.74 Å². The van der Waals surface area contributed by atoms with E-state index in [1.165, 1.54) is 24.1 Å². The van der Waals surface area contributed by atoms with Gasteiger partial charge < -0.3 is 9.46 Å². The summed E-state index contributed by atoms with van der Waals surface area (Å²) in [6.45, 7) is 3.92. The van der Waals surface area contributed by atoms with Gasteiger partial charge in [0.2, 0.25) is 0 Å². The van der Waals surface area contributed by atoms with Gasteiger partial charge in [-0.15, -0.1) is 0 Å². The van der Waals surface area contributed by atoms with Crippen molar-refractivity contribution < 1.29 is 17.9 Å². The van der Waals surface area contributed by atoms with Crippen LogP contribution in [0.25, 0.3) is 10.8 Å². The second-order valence-corrected chi connectivity index (χ2v) is 7.74. The van der Waals surface area contributed by atoms with Crippen molar-refractivity contribution in [1.29, 1.82) is 0 Å². The fourth-order valence-electron chi connectivity index (χ4n) is 3.11. The lowest BCUT2D eigenvalue weighted by Crippen LogP contribution is -2.18. The molecule has 0 heterocycles. The van der Waals surface area contributed by atoms with E-state index in [-0.39, 0.29) is 11.9 Å². The van der Waals surface area contributed by atoms with Gasteiger partial charge in [-0.05, 0) is 59.8 Å². The van der Waals surface area contributed by atoms with Crippen molar-refractivity contribution in [2.75, 3.05) is 4.72 Å². The predicted molar refractivity (Wildman–Crippen MR) is 114 cm³/mol. The van der Waals surface area contributed by atoms with E-state index in [0.29, 0.717) is 12.1 Å². The fourth-order valence-corrected chi connectivity index (χ4v) is 3.80. The van der Waals surface area contributed by atoms with Crippen LogP contribution in [0.15, 0.2) is 65.6 Å². The quantitative estimate of drug-likeness (QED) is 0.375. The van der Waals surface area contributed by atoms with Gasteiger partial charge in [0.25, 0.3) is 0 Å². The summed E-state index contributed by atoms with van der Waals surface area (Å²) in [6.07, 6.45) is -2.45. The first-order valence-electron chi connectivity index (χ1n) is 9.70. The third kappa shape index (κ3) is 5.60. The summed E-state index contributed by atoms with van der Waals surface area (Å²) in [5.41, 5.74) is -0.175. The molecule has 0 spiro atoms. The van der Waals surface area contributed by atoms with Gasteiger partial charge in [-0.2, -0.15) is 13.2 Å². The number of fused-ring (bicyclic) bond motifs is 1. The Bertz CT molecular complexity index is 958. The summed E-state index contributed by atoms with van der Waals surface area (Å²) in [5, 5.41) is 2.25. The predicted octanol–water partition coefficient (Wildman–Crippen LogP) is 7.94. The number of ether oxygens (including phenoxy) is 1. The Morgan fingerprint density at radius 1 is 0.966 bits per heavy atom. The minimum atomic E-state index is -4.45. The van der Waals surface area contributed by atoms with Crippen molar-refractivity contribution in [3.63, 3.8) is 0 Å². The largest absolute Gasteiger partial charge is 0.490 e. The second-order valence-electron chi connectivity index (χ2n) is 6.86. The van der Waals surface area contributed by atoms with Crippen LogP contribution in [-0.4, -0.2) is 6.10 Å². The van der Waals surface area contributed by atoms with E-state index in [0.717, 1.165) is 34.6 Å². The molecule has 2 nitrogen and oxygen atoms in total. The Kier molecular flexibility index (Phi) is 6.96. The maximum Gasteiger partial charge on any atom is 0.419 e. The molecule has 0 saturated carbocycles. The van der Waals surface area contributed by atoms with Crippen LogP contribution < -0.4 is 9.46 Å². The average molecular weight is 420 g/mol. The third-order valence-electron chi connectivity index (χ3n) is 4.65. The smallest absolute Gasteiger partial charge is 0.419 e. The van der Waals surface area contributed by atoms with Crippen molar-refractivity contribution in [2.45, 2.75) is 50.3 Å². The number of alkyl halides is 3. The normalized spacial score (nSPS) is 12.7. The Morgan fingerprint density at radius 2 is 1.72 bits per heavy atom. The average Bonchev–Trinajstić information content (AvgIpc) is 2.71. The number of rotatable bonds is 8. The Hall–Kier alpha value is -2.34. The van der Waals surface area contributed by atoms with Gasteiger partial charge in [-0.25, -0.2) is 0 Å². The molecule has 0 aliphatic carbocycles. The van der Waals surface area contributed by atoms with E-state index in [1.807, 2.05) is 56.3 Å². The SMILES string of the molecule is CCCC(CC)Oc1cc(NSc2ccc3ccccc3c2)ccc1C(F)(F)F. The van der Waals surface area contributed by atoms with Crippen LogP contribution >= 0.6 is 11.9 Å². The molecule has 1 N–H and O–H groups in total. The van der Waals surface area contributed by atoms with Crippen LogP contribution in [0.4, 0.5) is 18.9 Å².